The van der Waals surface area contributed by atoms with Crippen LogP contribution in [0.25, 0.3) is 0 Å². The molecule has 0 radical (unpaired) electrons. The van der Waals surface area contributed by atoms with E-state index in [1.54, 1.807) is 6.07 Å². The molecular weight excluding hydrogens is 396 g/mol. The summed E-state index contributed by atoms with van der Waals surface area (Å²) in [6.07, 6.45) is 4.81. The van der Waals surface area contributed by atoms with E-state index in [9.17, 15) is 4.79 Å². The molecule has 0 unspecified atom stereocenters. The molecule has 0 saturated carbocycles. The Hall–Kier alpha value is -2.15. The molecule has 3 rings (SSSR count). The van der Waals surface area contributed by atoms with E-state index in [-0.39, 0.29) is 12.5 Å². The lowest BCUT2D eigenvalue weighted by atomic mass is 10.2. The molecule has 1 aliphatic heterocycles. The summed E-state index contributed by atoms with van der Waals surface area (Å²) in [5.74, 6) is 0.895. The fourth-order valence-corrected chi connectivity index (χ4v) is 3.31. The lowest BCUT2D eigenvalue weighted by Crippen LogP contribution is -2.26. The molecule has 2 heterocycles. The molecule has 1 amide bonds. The van der Waals surface area contributed by atoms with Gasteiger partial charge >= 0.3 is 0 Å². The summed E-state index contributed by atoms with van der Waals surface area (Å²) >= 11 is 3.38. The van der Waals surface area contributed by atoms with Crippen molar-refractivity contribution in [2.24, 2.45) is 0 Å². The summed E-state index contributed by atoms with van der Waals surface area (Å²) in [6, 6.07) is 9.19. The van der Waals surface area contributed by atoms with E-state index in [0.29, 0.717) is 11.8 Å². The average Bonchev–Trinajstić information content (AvgIpc) is 2.89. The highest BCUT2D eigenvalue weighted by atomic mass is 79.9. The van der Waals surface area contributed by atoms with Gasteiger partial charge in [0.1, 0.15) is 0 Å². The lowest BCUT2D eigenvalue weighted by molar-refractivity contribution is -0.118. The number of hydrogen-bond acceptors (Lipinski definition) is 5. The van der Waals surface area contributed by atoms with Crippen molar-refractivity contribution in [3.63, 3.8) is 0 Å². The molecule has 1 N–H and O–H groups in total. The van der Waals surface area contributed by atoms with Gasteiger partial charge in [-0.15, -0.1) is 0 Å². The lowest BCUT2D eigenvalue weighted by Gasteiger charge is -2.21. The molecule has 1 aliphatic rings. The van der Waals surface area contributed by atoms with E-state index in [0.717, 1.165) is 41.8 Å². The molecule has 0 aliphatic carbocycles. The van der Waals surface area contributed by atoms with Crippen LogP contribution < -0.4 is 15.0 Å². The average molecular weight is 419 g/mol. The fraction of sp³-hybridized carbons (Fsp3) is 0.421. The number of rotatable bonds is 5. The Kier molecular flexibility index (Phi) is 6.44. The monoisotopic (exact) mass is 418 g/mol. The Morgan fingerprint density at radius 1 is 1.19 bits per heavy atom. The van der Waals surface area contributed by atoms with Gasteiger partial charge in [-0.05, 0) is 38.0 Å². The number of hydrogen-bond donors (Lipinski definition) is 1. The number of ether oxygens (including phenoxy) is 1. The van der Waals surface area contributed by atoms with Crippen LogP contribution in [-0.4, -0.2) is 35.6 Å². The van der Waals surface area contributed by atoms with Crippen molar-refractivity contribution in [1.82, 2.24) is 9.97 Å². The zero-order chi connectivity index (χ0) is 18.4. The standard InChI is InChI=1S/C19H23BrN4O2/c1-14-11-18(23-19(21-14)24-9-4-2-3-5-10-24)26-13-17(25)22-16-8-6-7-15(20)12-16/h6-8,11-12H,2-5,9-10,13H2,1H3,(H,22,25). The first-order chi connectivity index (χ1) is 12.6. The third kappa shape index (κ3) is 5.42. The molecule has 1 aromatic heterocycles. The molecule has 138 valence electrons. The van der Waals surface area contributed by atoms with Crippen LogP contribution in [0.3, 0.4) is 0 Å². The molecule has 7 heteroatoms. The number of halogens is 1. The summed E-state index contributed by atoms with van der Waals surface area (Å²) in [4.78, 5) is 23.3. The molecular formula is C19H23BrN4O2. The van der Waals surface area contributed by atoms with Gasteiger partial charge in [0.05, 0.1) is 0 Å². The number of carbonyl (C=O) groups is 1. The third-order valence-corrected chi connectivity index (χ3v) is 4.66. The second-order valence-electron chi connectivity index (χ2n) is 6.40. The van der Waals surface area contributed by atoms with Gasteiger partial charge < -0.3 is 15.0 Å². The van der Waals surface area contributed by atoms with Gasteiger partial charge in [-0.1, -0.05) is 34.8 Å². The summed E-state index contributed by atoms with van der Waals surface area (Å²) in [5, 5.41) is 2.81. The van der Waals surface area contributed by atoms with E-state index in [4.69, 9.17) is 4.74 Å². The minimum atomic E-state index is -0.226. The van der Waals surface area contributed by atoms with Gasteiger partial charge in [0.2, 0.25) is 11.8 Å². The van der Waals surface area contributed by atoms with E-state index < -0.39 is 0 Å². The Balaban J connectivity index is 1.61. The molecule has 0 spiro atoms. The van der Waals surface area contributed by atoms with Gasteiger partial charge in [-0.25, -0.2) is 4.98 Å². The van der Waals surface area contributed by atoms with Crippen LogP contribution in [0, 0.1) is 6.92 Å². The molecule has 1 aromatic carbocycles. The van der Waals surface area contributed by atoms with E-state index in [1.807, 2.05) is 31.2 Å². The van der Waals surface area contributed by atoms with E-state index >= 15 is 0 Å². The van der Waals surface area contributed by atoms with Crippen LogP contribution >= 0.6 is 15.9 Å². The SMILES string of the molecule is Cc1cc(OCC(=O)Nc2cccc(Br)c2)nc(N2CCCCCC2)n1. The zero-order valence-electron chi connectivity index (χ0n) is 14.9. The number of aromatic nitrogens is 2. The van der Waals surface area contributed by atoms with Crippen LogP contribution in [0.4, 0.5) is 11.6 Å². The molecule has 0 bridgehead atoms. The van der Waals surface area contributed by atoms with Gasteiger partial charge in [-0.3, -0.25) is 4.79 Å². The van der Waals surface area contributed by atoms with Crippen molar-refractivity contribution in [3.05, 3.63) is 40.5 Å². The van der Waals surface area contributed by atoms with Crippen LogP contribution in [-0.2, 0) is 4.79 Å². The van der Waals surface area contributed by atoms with Crippen molar-refractivity contribution < 1.29 is 9.53 Å². The second kappa shape index (κ2) is 8.98. The van der Waals surface area contributed by atoms with Crippen molar-refractivity contribution in [2.45, 2.75) is 32.6 Å². The normalized spacial score (nSPS) is 14.6. The number of benzene rings is 1. The number of amides is 1. The first-order valence-corrected chi connectivity index (χ1v) is 9.68. The molecule has 2 aromatic rings. The Bertz CT molecular complexity index is 761. The minimum Gasteiger partial charge on any atom is -0.467 e. The van der Waals surface area contributed by atoms with Gasteiger partial charge in [0, 0.05) is 35.0 Å². The predicted molar refractivity (Wildman–Crippen MR) is 106 cm³/mol. The maximum Gasteiger partial charge on any atom is 0.262 e. The van der Waals surface area contributed by atoms with Crippen molar-refractivity contribution in [2.75, 3.05) is 29.9 Å². The second-order valence-corrected chi connectivity index (χ2v) is 7.31. The van der Waals surface area contributed by atoms with Gasteiger partial charge in [0.15, 0.2) is 6.61 Å². The van der Waals surface area contributed by atoms with Crippen LogP contribution in [0.1, 0.15) is 31.4 Å². The number of aryl methyl sites for hydroxylation is 1. The first kappa shape index (κ1) is 18.6. The highest BCUT2D eigenvalue weighted by Crippen LogP contribution is 2.20. The highest BCUT2D eigenvalue weighted by molar-refractivity contribution is 9.10. The quantitative estimate of drug-likeness (QED) is 0.795. The Morgan fingerprint density at radius 2 is 1.96 bits per heavy atom. The summed E-state index contributed by atoms with van der Waals surface area (Å²) in [6.45, 7) is 3.75. The largest absolute Gasteiger partial charge is 0.467 e. The smallest absolute Gasteiger partial charge is 0.262 e. The predicted octanol–water partition coefficient (Wildman–Crippen LogP) is 3.95. The third-order valence-electron chi connectivity index (χ3n) is 4.17. The molecule has 26 heavy (non-hydrogen) atoms. The number of anilines is 2. The van der Waals surface area contributed by atoms with Crippen LogP contribution in [0.5, 0.6) is 5.88 Å². The Labute approximate surface area is 162 Å². The molecule has 6 nitrogen and oxygen atoms in total. The maximum atomic E-state index is 12.1. The minimum absolute atomic E-state index is 0.0948. The van der Waals surface area contributed by atoms with Gasteiger partial charge in [0.25, 0.3) is 5.91 Å². The summed E-state index contributed by atoms with van der Waals surface area (Å²) < 4.78 is 6.52. The van der Waals surface area contributed by atoms with Crippen molar-refractivity contribution in [3.8, 4) is 5.88 Å². The highest BCUT2D eigenvalue weighted by Gasteiger charge is 2.15. The van der Waals surface area contributed by atoms with Crippen LogP contribution in [0.15, 0.2) is 34.8 Å². The topological polar surface area (TPSA) is 67.3 Å². The Morgan fingerprint density at radius 3 is 2.69 bits per heavy atom. The number of nitrogens with zero attached hydrogens (tertiary/aromatic N) is 3. The number of carbonyl (C=O) groups excluding carboxylic acids is 1. The molecule has 1 fully saturated rings. The first-order valence-electron chi connectivity index (χ1n) is 8.89. The summed E-state index contributed by atoms with van der Waals surface area (Å²) in [5.41, 5.74) is 1.55. The number of nitrogens with one attached hydrogen (secondary N) is 1. The van der Waals surface area contributed by atoms with E-state index in [1.165, 1.54) is 12.8 Å². The molecule has 1 saturated heterocycles. The zero-order valence-corrected chi connectivity index (χ0v) is 16.5. The fourth-order valence-electron chi connectivity index (χ4n) is 2.91. The van der Waals surface area contributed by atoms with E-state index in [2.05, 4.69) is 36.1 Å². The van der Waals surface area contributed by atoms with Gasteiger partial charge in [-0.2, -0.15) is 4.98 Å². The molecule has 0 atom stereocenters. The summed E-state index contributed by atoms with van der Waals surface area (Å²) in [7, 11) is 0. The van der Waals surface area contributed by atoms with Crippen LogP contribution in [0.2, 0.25) is 0 Å². The van der Waals surface area contributed by atoms with Crippen molar-refractivity contribution >= 4 is 33.5 Å². The van der Waals surface area contributed by atoms with Crippen molar-refractivity contribution in [1.29, 1.82) is 0 Å². The maximum absolute atomic E-state index is 12.1.